The summed E-state index contributed by atoms with van der Waals surface area (Å²) >= 11 is 2.42. The molecule has 1 heterocycles. The average molecular weight is 372 g/mol. The first-order chi connectivity index (χ1) is 9.06. The number of halogens is 1. The lowest BCUT2D eigenvalue weighted by molar-refractivity contribution is 0.230. The zero-order valence-electron chi connectivity index (χ0n) is 12.2. The Balaban J connectivity index is 1.94. The van der Waals surface area contributed by atoms with Crippen molar-refractivity contribution in [1.82, 2.24) is 4.90 Å². The first-order valence-corrected chi connectivity index (χ1v) is 8.41. The van der Waals surface area contributed by atoms with Gasteiger partial charge in [-0.2, -0.15) is 0 Å². The molecule has 19 heavy (non-hydrogen) atoms. The third kappa shape index (κ3) is 4.35. The van der Waals surface area contributed by atoms with E-state index in [0.717, 1.165) is 0 Å². The molecule has 1 atom stereocenters. The summed E-state index contributed by atoms with van der Waals surface area (Å²) in [5.74, 6) is 0. The van der Waals surface area contributed by atoms with Crippen molar-refractivity contribution in [2.75, 3.05) is 18.4 Å². The summed E-state index contributed by atoms with van der Waals surface area (Å²) in [6.07, 6.45) is 3.84. The van der Waals surface area contributed by atoms with Crippen molar-refractivity contribution in [3.8, 4) is 0 Å². The molecule has 0 saturated carbocycles. The van der Waals surface area contributed by atoms with Gasteiger partial charge in [0.05, 0.1) is 0 Å². The number of hydrogen-bond donors (Lipinski definition) is 1. The monoisotopic (exact) mass is 372 g/mol. The van der Waals surface area contributed by atoms with Gasteiger partial charge >= 0.3 is 0 Å². The van der Waals surface area contributed by atoms with Crippen LogP contribution < -0.4 is 5.32 Å². The first-order valence-electron chi connectivity index (χ1n) is 7.33. The maximum absolute atomic E-state index is 3.72. The van der Waals surface area contributed by atoms with E-state index in [-0.39, 0.29) is 0 Å². The molecule has 1 aromatic rings. The number of rotatable bonds is 3. The molecule has 1 unspecified atom stereocenters. The lowest BCUT2D eigenvalue weighted by Crippen LogP contribution is -2.32. The van der Waals surface area contributed by atoms with Crippen LogP contribution in [-0.4, -0.2) is 30.1 Å². The molecule has 106 valence electrons. The van der Waals surface area contributed by atoms with Gasteiger partial charge in [-0.15, -0.1) is 0 Å². The lowest BCUT2D eigenvalue weighted by Gasteiger charge is -2.24. The van der Waals surface area contributed by atoms with Crippen molar-refractivity contribution in [2.24, 2.45) is 0 Å². The molecule has 0 radical (unpaired) electrons. The number of nitrogens with zero attached hydrogens (tertiary/aromatic N) is 1. The van der Waals surface area contributed by atoms with E-state index in [1.165, 1.54) is 47.2 Å². The van der Waals surface area contributed by atoms with Crippen LogP contribution >= 0.6 is 22.6 Å². The summed E-state index contributed by atoms with van der Waals surface area (Å²) in [6.45, 7) is 9.24. The molecule has 0 bridgehead atoms. The number of nitrogens with one attached hydrogen (secondary N) is 1. The predicted molar refractivity (Wildman–Crippen MR) is 91.9 cm³/mol. The quantitative estimate of drug-likeness (QED) is 0.797. The number of likely N-dealkylation sites (tertiary alicyclic amines) is 1. The van der Waals surface area contributed by atoms with E-state index in [4.69, 9.17) is 0 Å². The fourth-order valence-corrected chi connectivity index (χ4v) is 3.21. The van der Waals surface area contributed by atoms with Crippen molar-refractivity contribution in [2.45, 2.75) is 52.1 Å². The average Bonchev–Trinajstić information content (AvgIpc) is 2.59. The van der Waals surface area contributed by atoms with Gasteiger partial charge in [0.15, 0.2) is 0 Å². The van der Waals surface area contributed by atoms with Gasteiger partial charge in [0.2, 0.25) is 0 Å². The molecule has 1 fully saturated rings. The zero-order valence-corrected chi connectivity index (χ0v) is 14.4. The van der Waals surface area contributed by atoms with Crippen molar-refractivity contribution in [3.05, 3.63) is 27.3 Å². The summed E-state index contributed by atoms with van der Waals surface area (Å²) < 4.78 is 1.35. The highest BCUT2D eigenvalue weighted by Gasteiger charge is 2.18. The van der Waals surface area contributed by atoms with Crippen molar-refractivity contribution in [1.29, 1.82) is 0 Å². The van der Waals surface area contributed by atoms with Crippen LogP contribution in [0.15, 0.2) is 18.2 Å². The summed E-state index contributed by atoms with van der Waals surface area (Å²) in [7, 11) is 0. The molecule has 1 aliphatic rings. The molecule has 0 amide bonds. The second-order valence-electron chi connectivity index (χ2n) is 5.87. The molecule has 2 nitrogen and oxygen atoms in total. The van der Waals surface area contributed by atoms with E-state index in [1.54, 1.807) is 0 Å². The van der Waals surface area contributed by atoms with E-state index in [2.05, 4.69) is 71.8 Å². The standard InChI is InChI=1S/C16H25IN2/c1-12(2)19-9-4-5-14(8-10-19)18-15-7-6-13(3)16(17)11-15/h6-7,11-12,14,18H,4-5,8-10H2,1-3H3. The molecule has 0 aliphatic carbocycles. The van der Waals surface area contributed by atoms with Gasteiger partial charge in [-0.05, 0) is 86.9 Å². The number of benzene rings is 1. The van der Waals surface area contributed by atoms with E-state index >= 15 is 0 Å². The van der Waals surface area contributed by atoms with E-state index in [1.807, 2.05) is 0 Å². The van der Waals surface area contributed by atoms with Gasteiger partial charge < -0.3 is 10.2 Å². The smallest absolute Gasteiger partial charge is 0.0353 e. The Labute approximate surface area is 131 Å². The third-order valence-corrected chi connectivity index (χ3v) is 5.20. The Morgan fingerprint density at radius 3 is 2.74 bits per heavy atom. The predicted octanol–water partition coefficient (Wildman–Crippen LogP) is 4.27. The van der Waals surface area contributed by atoms with E-state index in [9.17, 15) is 0 Å². The van der Waals surface area contributed by atoms with Crippen molar-refractivity contribution < 1.29 is 0 Å². The van der Waals surface area contributed by atoms with E-state index in [0.29, 0.717) is 12.1 Å². The molecule has 1 saturated heterocycles. The molecular formula is C16H25IN2. The van der Waals surface area contributed by atoms with Crippen molar-refractivity contribution in [3.63, 3.8) is 0 Å². The maximum atomic E-state index is 3.72. The van der Waals surface area contributed by atoms with Gasteiger partial charge in [0.25, 0.3) is 0 Å². The normalized spacial score (nSPS) is 21.4. The SMILES string of the molecule is Cc1ccc(NC2CCCN(C(C)C)CC2)cc1I. The second kappa shape index (κ2) is 6.93. The minimum atomic E-state index is 0.627. The Kier molecular flexibility index (Phi) is 5.51. The number of hydrogen-bond acceptors (Lipinski definition) is 2. The van der Waals surface area contributed by atoms with Crippen LogP contribution in [0.5, 0.6) is 0 Å². The van der Waals surface area contributed by atoms with Crippen LogP contribution in [0.1, 0.15) is 38.7 Å². The zero-order chi connectivity index (χ0) is 13.8. The Hall–Kier alpha value is -0.290. The highest BCUT2D eigenvalue weighted by atomic mass is 127. The Morgan fingerprint density at radius 1 is 1.26 bits per heavy atom. The van der Waals surface area contributed by atoms with Gasteiger partial charge in [0.1, 0.15) is 0 Å². The molecule has 3 heteroatoms. The molecule has 0 spiro atoms. The van der Waals surface area contributed by atoms with Crippen LogP contribution in [-0.2, 0) is 0 Å². The Morgan fingerprint density at radius 2 is 2.05 bits per heavy atom. The van der Waals surface area contributed by atoms with Crippen LogP contribution in [0, 0.1) is 10.5 Å². The van der Waals surface area contributed by atoms with Crippen LogP contribution in [0.25, 0.3) is 0 Å². The largest absolute Gasteiger partial charge is 0.382 e. The fraction of sp³-hybridized carbons (Fsp3) is 0.625. The minimum absolute atomic E-state index is 0.627. The van der Waals surface area contributed by atoms with E-state index < -0.39 is 0 Å². The number of aryl methyl sites for hydroxylation is 1. The van der Waals surface area contributed by atoms with Crippen molar-refractivity contribution >= 4 is 28.3 Å². The van der Waals surface area contributed by atoms with Gasteiger partial charge in [-0.1, -0.05) is 6.07 Å². The van der Waals surface area contributed by atoms with Gasteiger partial charge in [-0.3, -0.25) is 0 Å². The second-order valence-corrected chi connectivity index (χ2v) is 7.03. The van der Waals surface area contributed by atoms with Gasteiger partial charge in [-0.25, -0.2) is 0 Å². The summed E-state index contributed by atoms with van der Waals surface area (Å²) in [5.41, 5.74) is 2.64. The van der Waals surface area contributed by atoms with Crippen LogP contribution in [0.4, 0.5) is 5.69 Å². The fourth-order valence-electron chi connectivity index (χ4n) is 2.70. The molecular weight excluding hydrogens is 347 g/mol. The Bertz CT molecular complexity index is 417. The first kappa shape index (κ1) is 15.1. The van der Waals surface area contributed by atoms with Crippen LogP contribution in [0.3, 0.4) is 0 Å². The maximum Gasteiger partial charge on any atom is 0.0353 e. The summed E-state index contributed by atoms with van der Waals surface area (Å²) in [5, 5.41) is 3.72. The topological polar surface area (TPSA) is 15.3 Å². The molecule has 2 rings (SSSR count). The highest BCUT2D eigenvalue weighted by Crippen LogP contribution is 2.21. The molecule has 0 aromatic heterocycles. The summed E-state index contributed by atoms with van der Waals surface area (Å²) in [4.78, 5) is 2.60. The molecule has 1 aromatic carbocycles. The number of anilines is 1. The summed E-state index contributed by atoms with van der Waals surface area (Å²) in [6, 6.07) is 7.99. The lowest BCUT2D eigenvalue weighted by atomic mass is 10.1. The molecule has 1 aliphatic heterocycles. The molecule has 1 N–H and O–H groups in total. The highest BCUT2D eigenvalue weighted by molar-refractivity contribution is 14.1. The van der Waals surface area contributed by atoms with Gasteiger partial charge in [0, 0.05) is 27.9 Å². The third-order valence-electron chi connectivity index (χ3n) is 4.04. The van der Waals surface area contributed by atoms with Crippen LogP contribution in [0.2, 0.25) is 0 Å². The minimum Gasteiger partial charge on any atom is -0.382 e.